The Hall–Kier alpha value is -2.64. The van der Waals surface area contributed by atoms with Crippen molar-refractivity contribution in [3.8, 4) is 0 Å². The maximum Gasteiger partial charge on any atom is 0.407 e. The summed E-state index contributed by atoms with van der Waals surface area (Å²) >= 11 is 0. The summed E-state index contributed by atoms with van der Waals surface area (Å²) in [7, 11) is 0. The van der Waals surface area contributed by atoms with Crippen molar-refractivity contribution in [1.29, 1.82) is 0 Å². The van der Waals surface area contributed by atoms with Gasteiger partial charge in [-0.15, -0.1) is 0 Å². The van der Waals surface area contributed by atoms with Crippen molar-refractivity contribution in [3.63, 3.8) is 0 Å². The molecule has 0 spiro atoms. The second-order valence-corrected chi connectivity index (χ2v) is 5.91. The number of aromatic amines is 1. The minimum atomic E-state index is -1.09. The number of halogens is 2. The molecule has 0 saturated carbocycles. The topological polar surface area (TPSA) is 86.5 Å². The SMILES string of the molecule is O=C(O)N1CC[C@H](c2cc(=O)[nH]o2)C[C@@H]1Cc1ccc(F)cc1F. The molecule has 8 heteroatoms. The van der Waals surface area contributed by atoms with E-state index in [1.807, 2.05) is 0 Å². The number of aromatic nitrogens is 1. The normalized spacial score (nSPS) is 21.0. The lowest BCUT2D eigenvalue weighted by Crippen LogP contribution is -2.46. The van der Waals surface area contributed by atoms with Gasteiger partial charge in [-0.05, 0) is 30.9 Å². The highest BCUT2D eigenvalue weighted by molar-refractivity contribution is 5.65. The van der Waals surface area contributed by atoms with E-state index in [4.69, 9.17) is 4.52 Å². The lowest BCUT2D eigenvalue weighted by atomic mass is 9.86. The van der Waals surface area contributed by atoms with Crippen molar-refractivity contribution in [3.05, 3.63) is 57.6 Å². The molecule has 128 valence electrons. The Bertz CT molecular complexity index is 801. The fourth-order valence-corrected chi connectivity index (χ4v) is 3.19. The van der Waals surface area contributed by atoms with Gasteiger partial charge in [0.1, 0.15) is 17.4 Å². The van der Waals surface area contributed by atoms with E-state index in [-0.39, 0.29) is 30.0 Å². The maximum absolute atomic E-state index is 13.9. The largest absolute Gasteiger partial charge is 0.465 e. The van der Waals surface area contributed by atoms with Gasteiger partial charge in [-0.1, -0.05) is 6.07 Å². The molecule has 0 unspecified atom stereocenters. The number of piperidine rings is 1. The molecule has 3 rings (SSSR count). The Balaban J connectivity index is 1.82. The molecule has 2 heterocycles. The van der Waals surface area contributed by atoms with Crippen molar-refractivity contribution in [2.75, 3.05) is 6.54 Å². The Morgan fingerprint density at radius 1 is 1.38 bits per heavy atom. The van der Waals surface area contributed by atoms with Gasteiger partial charge in [-0.25, -0.2) is 13.6 Å². The van der Waals surface area contributed by atoms with Gasteiger partial charge in [0.05, 0.1) is 0 Å². The average Bonchev–Trinajstić information content (AvgIpc) is 2.96. The lowest BCUT2D eigenvalue weighted by Gasteiger charge is -2.37. The number of nitrogens with one attached hydrogen (secondary N) is 1. The molecule has 1 saturated heterocycles. The molecule has 0 radical (unpaired) electrons. The van der Waals surface area contributed by atoms with Crippen molar-refractivity contribution in [2.45, 2.75) is 31.2 Å². The van der Waals surface area contributed by atoms with Gasteiger partial charge in [0.25, 0.3) is 5.56 Å². The summed E-state index contributed by atoms with van der Waals surface area (Å²) in [5, 5.41) is 11.6. The molecule has 6 nitrogen and oxygen atoms in total. The quantitative estimate of drug-likeness (QED) is 0.901. The number of amides is 1. The molecule has 0 bridgehead atoms. The highest BCUT2D eigenvalue weighted by atomic mass is 19.1. The van der Waals surface area contributed by atoms with E-state index in [0.717, 1.165) is 12.1 Å². The monoisotopic (exact) mass is 338 g/mol. The number of likely N-dealkylation sites (tertiary alicyclic amines) is 1. The summed E-state index contributed by atoms with van der Waals surface area (Å²) in [5.41, 5.74) is -0.101. The molecule has 24 heavy (non-hydrogen) atoms. The van der Waals surface area contributed by atoms with Gasteiger partial charge >= 0.3 is 6.09 Å². The number of nitrogens with zero attached hydrogens (tertiary/aromatic N) is 1. The molecule has 2 aromatic rings. The predicted molar refractivity (Wildman–Crippen MR) is 79.9 cm³/mol. The molecular weight excluding hydrogens is 322 g/mol. The van der Waals surface area contributed by atoms with E-state index < -0.39 is 23.8 Å². The molecule has 1 aromatic heterocycles. The smallest absolute Gasteiger partial charge is 0.407 e. The second kappa shape index (κ2) is 6.46. The first-order chi connectivity index (χ1) is 11.4. The fraction of sp³-hybridized carbons (Fsp3) is 0.375. The minimum Gasteiger partial charge on any atom is -0.465 e. The van der Waals surface area contributed by atoms with Crippen molar-refractivity contribution < 1.29 is 23.2 Å². The number of benzene rings is 1. The number of hydrogen-bond donors (Lipinski definition) is 2. The number of carboxylic acid groups (broad SMARTS) is 1. The van der Waals surface area contributed by atoms with Crippen LogP contribution in [0.25, 0.3) is 0 Å². The first kappa shape index (κ1) is 16.2. The first-order valence-corrected chi connectivity index (χ1v) is 7.56. The summed E-state index contributed by atoms with van der Waals surface area (Å²) in [6.45, 7) is 0.252. The summed E-state index contributed by atoms with van der Waals surface area (Å²) in [6.07, 6.45) is -0.0559. The van der Waals surface area contributed by atoms with Crippen LogP contribution in [0.15, 0.2) is 33.6 Å². The lowest BCUT2D eigenvalue weighted by molar-refractivity contribution is 0.0965. The number of H-pyrrole nitrogens is 1. The van der Waals surface area contributed by atoms with Crippen LogP contribution in [0.3, 0.4) is 0 Å². The molecule has 1 aliphatic heterocycles. The van der Waals surface area contributed by atoms with Crippen LogP contribution in [-0.2, 0) is 6.42 Å². The molecule has 1 aliphatic rings. The summed E-state index contributed by atoms with van der Waals surface area (Å²) in [4.78, 5) is 23.9. The van der Waals surface area contributed by atoms with E-state index in [1.165, 1.54) is 17.0 Å². The summed E-state index contributed by atoms with van der Waals surface area (Å²) < 4.78 is 32.0. The van der Waals surface area contributed by atoms with Gasteiger partial charge in [0.15, 0.2) is 0 Å². The van der Waals surface area contributed by atoms with Crippen molar-refractivity contribution >= 4 is 6.09 Å². The molecule has 2 atom stereocenters. The Kier molecular flexibility index (Phi) is 4.37. The van der Waals surface area contributed by atoms with Crippen LogP contribution in [-0.4, -0.2) is 33.8 Å². The van der Waals surface area contributed by atoms with Gasteiger partial charge in [-0.2, -0.15) is 5.16 Å². The zero-order chi connectivity index (χ0) is 17.3. The van der Waals surface area contributed by atoms with Crippen LogP contribution < -0.4 is 5.56 Å². The summed E-state index contributed by atoms with van der Waals surface area (Å²) in [5.74, 6) is -1.04. The molecule has 1 aromatic carbocycles. The second-order valence-electron chi connectivity index (χ2n) is 5.91. The van der Waals surface area contributed by atoms with Crippen LogP contribution in [0.1, 0.15) is 30.1 Å². The van der Waals surface area contributed by atoms with Crippen LogP contribution in [0.5, 0.6) is 0 Å². The highest BCUT2D eigenvalue weighted by Crippen LogP contribution is 2.32. The Labute approximate surface area is 135 Å². The number of hydrogen-bond acceptors (Lipinski definition) is 3. The van der Waals surface area contributed by atoms with Gasteiger partial charge in [-0.3, -0.25) is 4.79 Å². The number of carbonyl (C=O) groups is 1. The van der Waals surface area contributed by atoms with Gasteiger partial charge in [0, 0.05) is 30.6 Å². The zero-order valence-electron chi connectivity index (χ0n) is 12.7. The maximum atomic E-state index is 13.9. The molecule has 1 fully saturated rings. The summed E-state index contributed by atoms with van der Waals surface area (Å²) in [6, 6.07) is 4.11. The van der Waals surface area contributed by atoms with E-state index in [1.54, 1.807) is 0 Å². The predicted octanol–water partition coefficient (Wildman–Crippen LogP) is 2.71. The fourth-order valence-electron chi connectivity index (χ4n) is 3.19. The first-order valence-electron chi connectivity index (χ1n) is 7.56. The third-order valence-electron chi connectivity index (χ3n) is 4.38. The van der Waals surface area contributed by atoms with Crippen LogP contribution in [0.4, 0.5) is 13.6 Å². The van der Waals surface area contributed by atoms with E-state index in [0.29, 0.717) is 18.6 Å². The average molecular weight is 338 g/mol. The Morgan fingerprint density at radius 2 is 2.17 bits per heavy atom. The van der Waals surface area contributed by atoms with Gasteiger partial charge < -0.3 is 14.5 Å². The number of rotatable bonds is 3. The zero-order valence-corrected chi connectivity index (χ0v) is 12.7. The third-order valence-corrected chi connectivity index (χ3v) is 4.38. The molecule has 0 aliphatic carbocycles. The molecule has 1 amide bonds. The van der Waals surface area contributed by atoms with Crippen LogP contribution in [0, 0.1) is 11.6 Å². The van der Waals surface area contributed by atoms with Crippen LogP contribution >= 0.6 is 0 Å². The van der Waals surface area contributed by atoms with Crippen molar-refractivity contribution in [1.82, 2.24) is 10.1 Å². The third kappa shape index (κ3) is 3.32. The van der Waals surface area contributed by atoms with Crippen LogP contribution in [0.2, 0.25) is 0 Å². The van der Waals surface area contributed by atoms with E-state index in [9.17, 15) is 23.5 Å². The minimum absolute atomic E-state index is 0.129. The molecule has 2 N–H and O–H groups in total. The standard InChI is InChI=1S/C16H16F2N2O4/c17-11-2-1-9(13(18)7-11)5-12-6-10(3-4-20(12)16(22)23)14-8-15(21)19-24-14/h1-2,7-8,10,12H,3-6H2,(H,19,21)(H,22,23)/t10-,12-/m0/s1. The Morgan fingerprint density at radius 3 is 2.79 bits per heavy atom. The van der Waals surface area contributed by atoms with Crippen molar-refractivity contribution in [2.24, 2.45) is 0 Å². The van der Waals surface area contributed by atoms with E-state index >= 15 is 0 Å². The highest BCUT2D eigenvalue weighted by Gasteiger charge is 2.34. The molecular formula is C16H16F2N2O4. The van der Waals surface area contributed by atoms with Gasteiger partial charge in [0.2, 0.25) is 0 Å². The van der Waals surface area contributed by atoms with E-state index in [2.05, 4.69) is 5.16 Å².